The van der Waals surface area contributed by atoms with E-state index in [1.807, 2.05) is 12.4 Å². The van der Waals surface area contributed by atoms with Gasteiger partial charge in [-0.05, 0) is 76.7 Å². The molecule has 3 heterocycles. The van der Waals surface area contributed by atoms with E-state index < -0.39 is 0 Å². The lowest BCUT2D eigenvalue weighted by Gasteiger charge is -2.26. The number of aryl methyl sites for hydroxylation is 1. The van der Waals surface area contributed by atoms with E-state index in [2.05, 4.69) is 84.3 Å². The first kappa shape index (κ1) is 27.0. The number of hydrogen-bond donors (Lipinski definition) is 0. The summed E-state index contributed by atoms with van der Waals surface area (Å²) < 4.78 is 0. The van der Waals surface area contributed by atoms with Gasteiger partial charge in [-0.15, -0.1) is 0 Å². The summed E-state index contributed by atoms with van der Waals surface area (Å²) in [5.74, 6) is 0. The summed E-state index contributed by atoms with van der Waals surface area (Å²) in [5, 5.41) is 0. The molecule has 0 radical (unpaired) electrons. The summed E-state index contributed by atoms with van der Waals surface area (Å²) in [4.78, 5) is 19.1. The molecule has 0 atom stereocenters. The van der Waals surface area contributed by atoms with Gasteiger partial charge >= 0.3 is 0 Å². The fourth-order valence-corrected chi connectivity index (χ4v) is 4.21. The second-order valence-electron chi connectivity index (χ2n) is 9.66. The molecule has 0 N–H and O–H groups in total. The molecule has 0 unspecified atom stereocenters. The Balaban J connectivity index is 1.52. The molecule has 188 valence electrons. The molecule has 0 bridgehead atoms. The van der Waals surface area contributed by atoms with Crippen molar-refractivity contribution in [3.05, 3.63) is 77.8 Å². The van der Waals surface area contributed by atoms with Crippen LogP contribution in [0.15, 0.2) is 76.5 Å². The first-order valence-corrected chi connectivity index (χ1v) is 13.1. The average Bonchev–Trinajstić information content (AvgIpc) is 3.06. The molecule has 1 aromatic rings. The van der Waals surface area contributed by atoms with E-state index in [-0.39, 0.29) is 0 Å². The molecule has 0 spiro atoms. The summed E-state index contributed by atoms with van der Waals surface area (Å²) in [6.45, 7) is 9.85. The minimum absolute atomic E-state index is 0.827. The predicted octanol–water partition coefficient (Wildman–Crippen LogP) is 5.95. The Morgan fingerprint density at radius 2 is 1.77 bits per heavy atom. The molecule has 2 aliphatic rings. The van der Waals surface area contributed by atoms with Crippen LogP contribution in [0.1, 0.15) is 56.7 Å². The van der Waals surface area contributed by atoms with Gasteiger partial charge in [-0.25, -0.2) is 0 Å². The molecule has 0 saturated heterocycles. The standard InChI is InChI=1S/C30H43N5/c1-26-16-17-29(33-23-26)24-35(25-30-27(2)13-9-11-19-32-30)22-21-34(3)20-12-15-28-14-8-6-4-5-7-10-18-31-28/h6-8,10-11,13,16-17,19,23H,4-5,9,12,14-15,18,20-22,24-25H2,1-3H3/b8-6-,10-7-,31-28?. The maximum atomic E-state index is 4.81. The largest absolute Gasteiger partial charge is 0.305 e. The van der Waals surface area contributed by atoms with E-state index in [0.29, 0.717) is 0 Å². The topological polar surface area (TPSA) is 44.1 Å². The van der Waals surface area contributed by atoms with Crippen molar-refractivity contribution in [1.82, 2.24) is 14.8 Å². The van der Waals surface area contributed by atoms with Crippen LogP contribution in [0.5, 0.6) is 0 Å². The van der Waals surface area contributed by atoms with Crippen molar-refractivity contribution < 1.29 is 0 Å². The zero-order valence-corrected chi connectivity index (χ0v) is 22.0. The number of aromatic nitrogens is 1. The minimum atomic E-state index is 0.827. The third-order valence-corrected chi connectivity index (χ3v) is 6.49. The van der Waals surface area contributed by atoms with Crippen LogP contribution in [-0.4, -0.2) is 66.0 Å². The summed E-state index contributed by atoms with van der Waals surface area (Å²) in [6.07, 6.45) is 23.8. The molecule has 5 heteroatoms. The average molecular weight is 474 g/mol. The highest BCUT2D eigenvalue weighted by Crippen LogP contribution is 2.11. The molecule has 0 aliphatic carbocycles. The van der Waals surface area contributed by atoms with Gasteiger partial charge in [-0.2, -0.15) is 0 Å². The zero-order valence-electron chi connectivity index (χ0n) is 22.0. The van der Waals surface area contributed by atoms with Crippen molar-refractivity contribution in [3.63, 3.8) is 0 Å². The van der Waals surface area contributed by atoms with E-state index in [0.717, 1.165) is 89.2 Å². The second kappa shape index (κ2) is 15.4. The Morgan fingerprint density at radius 3 is 2.60 bits per heavy atom. The lowest BCUT2D eigenvalue weighted by atomic mass is 10.1. The molecule has 3 rings (SSSR count). The molecular weight excluding hydrogens is 430 g/mol. The van der Waals surface area contributed by atoms with Gasteiger partial charge in [0.05, 0.1) is 18.0 Å². The van der Waals surface area contributed by atoms with Crippen LogP contribution in [0.4, 0.5) is 0 Å². The Hall–Kier alpha value is -2.63. The molecule has 35 heavy (non-hydrogen) atoms. The maximum absolute atomic E-state index is 4.81. The maximum Gasteiger partial charge on any atom is 0.0569 e. The lowest BCUT2D eigenvalue weighted by molar-refractivity contribution is 0.237. The van der Waals surface area contributed by atoms with Crippen molar-refractivity contribution in [3.8, 4) is 0 Å². The molecule has 5 nitrogen and oxygen atoms in total. The second-order valence-corrected chi connectivity index (χ2v) is 9.66. The van der Waals surface area contributed by atoms with Crippen LogP contribution in [-0.2, 0) is 6.54 Å². The van der Waals surface area contributed by atoms with Gasteiger partial charge in [-0.3, -0.25) is 19.9 Å². The first-order valence-electron chi connectivity index (χ1n) is 13.1. The molecular formula is C30H43N5. The number of pyridine rings is 1. The van der Waals surface area contributed by atoms with Gasteiger partial charge in [0.15, 0.2) is 0 Å². The van der Waals surface area contributed by atoms with E-state index in [9.17, 15) is 0 Å². The van der Waals surface area contributed by atoms with Gasteiger partial charge in [-0.1, -0.05) is 42.5 Å². The fourth-order valence-electron chi connectivity index (χ4n) is 4.21. The van der Waals surface area contributed by atoms with Crippen LogP contribution in [0.3, 0.4) is 0 Å². The number of likely N-dealkylation sites (N-methyl/N-ethyl adjacent to an activating group) is 1. The summed E-state index contributed by atoms with van der Waals surface area (Å²) in [6, 6.07) is 4.30. The predicted molar refractivity (Wildman–Crippen MR) is 150 cm³/mol. The Morgan fingerprint density at radius 1 is 0.914 bits per heavy atom. The molecule has 0 amide bonds. The Labute approximate surface area is 212 Å². The van der Waals surface area contributed by atoms with Crippen LogP contribution < -0.4 is 0 Å². The van der Waals surface area contributed by atoms with Gasteiger partial charge in [0, 0.05) is 50.7 Å². The normalized spacial score (nSPS) is 18.6. The highest BCUT2D eigenvalue weighted by molar-refractivity contribution is 6.01. The fraction of sp³-hybridized carbons (Fsp3) is 0.500. The Bertz CT molecular complexity index is 949. The smallest absolute Gasteiger partial charge is 0.0569 e. The van der Waals surface area contributed by atoms with Gasteiger partial charge < -0.3 is 4.90 Å². The van der Waals surface area contributed by atoms with E-state index in [1.54, 1.807) is 0 Å². The number of hydrogen-bond acceptors (Lipinski definition) is 5. The van der Waals surface area contributed by atoms with Crippen LogP contribution >= 0.6 is 0 Å². The van der Waals surface area contributed by atoms with Crippen molar-refractivity contribution in [2.45, 2.75) is 58.9 Å². The summed E-state index contributed by atoms with van der Waals surface area (Å²) in [7, 11) is 2.23. The van der Waals surface area contributed by atoms with Crippen molar-refractivity contribution >= 4 is 11.4 Å². The van der Waals surface area contributed by atoms with Crippen molar-refractivity contribution in [1.29, 1.82) is 0 Å². The van der Waals surface area contributed by atoms with Gasteiger partial charge in [0.1, 0.15) is 0 Å². The van der Waals surface area contributed by atoms with Crippen molar-refractivity contribution in [2.75, 3.05) is 39.8 Å². The van der Waals surface area contributed by atoms with Gasteiger partial charge in [0.25, 0.3) is 0 Å². The first-order chi connectivity index (χ1) is 17.1. The number of aliphatic imine (C=N–C) groups is 2. The molecule has 2 aliphatic heterocycles. The number of nitrogens with zero attached hydrogens (tertiary/aromatic N) is 5. The highest BCUT2D eigenvalue weighted by atomic mass is 15.2. The van der Waals surface area contributed by atoms with Gasteiger partial charge in [0.2, 0.25) is 0 Å². The SMILES string of the molecule is CC1=CCC=CN=C1CN(CCN(C)CCCC1=NC/C=C\CC/C=C\C1)Cc1ccc(C)cn1. The van der Waals surface area contributed by atoms with E-state index in [1.165, 1.54) is 16.8 Å². The Kier molecular flexibility index (Phi) is 11.9. The molecule has 0 saturated carbocycles. The number of rotatable bonds is 11. The van der Waals surface area contributed by atoms with Crippen LogP contribution in [0.25, 0.3) is 0 Å². The monoisotopic (exact) mass is 473 g/mol. The zero-order chi connectivity index (χ0) is 24.7. The number of allylic oxidation sites excluding steroid dienone is 5. The highest BCUT2D eigenvalue weighted by Gasteiger charge is 2.14. The summed E-state index contributed by atoms with van der Waals surface area (Å²) >= 11 is 0. The van der Waals surface area contributed by atoms with E-state index >= 15 is 0 Å². The van der Waals surface area contributed by atoms with Crippen molar-refractivity contribution in [2.24, 2.45) is 9.98 Å². The summed E-state index contributed by atoms with van der Waals surface area (Å²) in [5.41, 5.74) is 6.07. The van der Waals surface area contributed by atoms with E-state index in [4.69, 9.17) is 9.98 Å². The van der Waals surface area contributed by atoms with Crippen LogP contribution in [0, 0.1) is 6.92 Å². The minimum Gasteiger partial charge on any atom is -0.305 e. The molecule has 0 aromatic carbocycles. The lowest BCUT2D eigenvalue weighted by Crippen LogP contribution is -2.37. The third-order valence-electron chi connectivity index (χ3n) is 6.49. The third kappa shape index (κ3) is 10.7. The molecule has 0 fully saturated rings. The van der Waals surface area contributed by atoms with Crippen LogP contribution in [0.2, 0.25) is 0 Å². The quantitative estimate of drug-likeness (QED) is 0.373. The molecule has 1 aromatic heterocycles.